The fraction of sp³-hybridized carbons (Fsp3) is 0.125. The molecule has 2 aromatic carbocycles. The van der Waals surface area contributed by atoms with Gasteiger partial charge < -0.3 is 11.1 Å². The van der Waals surface area contributed by atoms with Gasteiger partial charge >= 0.3 is 0 Å². The van der Waals surface area contributed by atoms with Crippen molar-refractivity contribution in [2.75, 3.05) is 5.32 Å². The number of fused-ring (bicyclic) bond motifs is 1. The minimum atomic E-state index is -0.890. The van der Waals surface area contributed by atoms with Gasteiger partial charge in [-0.05, 0) is 13.0 Å². The smallest absolute Gasteiger partial charge is 0.263 e. The van der Waals surface area contributed by atoms with Gasteiger partial charge in [0.25, 0.3) is 5.91 Å². The number of hydrogen-bond acceptors (Lipinski definition) is 3. The predicted octanol–water partition coefficient (Wildman–Crippen LogP) is 2.07. The first kappa shape index (κ1) is 12.6. The van der Waals surface area contributed by atoms with Crippen LogP contribution in [0.1, 0.15) is 16.7 Å². The molecule has 4 heteroatoms. The number of anilines is 1. The number of carbonyl (C=O) groups excluding carboxylic acids is 1. The summed E-state index contributed by atoms with van der Waals surface area (Å²) >= 11 is 0. The van der Waals surface area contributed by atoms with E-state index in [4.69, 9.17) is 5.73 Å². The van der Waals surface area contributed by atoms with E-state index in [0.717, 1.165) is 22.5 Å². The number of carbonyl (C=O) groups is 1. The average Bonchev–Trinajstić information content (AvgIpc) is 2.58. The number of hydrogen-bond donors (Lipinski definition) is 2. The number of amides is 1. The Kier molecular flexibility index (Phi) is 3.08. The van der Waals surface area contributed by atoms with E-state index in [1.165, 1.54) is 5.56 Å². The van der Waals surface area contributed by atoms with Crippen LogP contribution in [0.3, 0.4) is 0 Å². The zero-order valence-electron chi connectivity index (χ0n) is 11.1. The van der Waals surface area contributed by atoms with Gasteiger partial charge in [0.1, 0.15) is 0 Å². The van der Waals surface area contributed by atoms with Crippen LogP contribution in [-0.2, 0) is 4.79 Å². The molecule has 1 amide bonds. The Morgan fingerprint density at radius 1 is 1.10 bits per heavy atom. The highest BCUT2D eigenvalue weighted by molar-refractivity contribution is 6.19. The third-order valence-corrected chi connectivity index (χ3v) is 3.30. The van der Waals surface area contributed by atoms with Crippen molar-refractivity contribution in [3.05, 3.63) is 65.2 Å². The number of aryl methyl sites for hydroxylation is 1. The molecule has 3 rings (SSSR count). The van der Waals surface area contributed by atoms with Crippen LogP contribution in [0.25, 0.3) is 0 Å². The van der Waals surface area contributed by atoms with Crippen LogP contribution in [-0.4, -0.2) is 17.8 Å². The Morgan fingerprint density at radius 2 is 1.80 bits per heavy atom. The Labute approximate surface area is 117 Å². The second kappa shape index (κ2) is 4.90. The zero-order valence-corrected chi connectivity index (χ0v) is 11.1. The van der Waals surface area contributed by atoms with Crippen molar-refractivity contribution in [1.29, 1.82) is 0 Å². The first-order chi connectivity index (χ1) is 9.65. The first-order valence-corrected chi connectivity index (χ1v) is 6.46. The molecule has 3 N–H and O–H groups in total. The van der Waals surface area contributed by atoms with Gasteiger partial charge in [0, 0.05) is 11.1 Å². The minimum absolute atomic E-state index is 0.292. The molecule has 0 spiro atoms. The fourth-order valence-electron chi connectivity index (χ4n) is 2.21. The van der Waals surface area contributed by atoms with E-state index >= 15 is 0 Å². The maximum absolute atomic E-state index is 11.9. The molecular formula is C16H15N3O. The summed E-state index contributed by atoms with van der Waals surface area (Å²) in [7, 11) is 0. The average molecular weight is 265 g/mol. The number of nitrogens with zero attached hydrogens (tertiary/aromatic N) is 1. The van der Waals surface area contributed by atoms with Gasteiger partial charge in [-0.1, -0.05) is 48.0 Å². The number of para-hydroxylation sites is 1. The second-order valence-corrected chi connectivity index (χ2v) is 4.82. The van der Waals surface area contributed by atoms with Crippen molar-refractivity contribution in [1.82, 2.24) is 0 Å². The summed E-state index contributed by atoms with van der Waals surface area (Å²) in [6.45, 7) is 2.03. The molecule has 0 aromatic heterocycles. The van der Waals surface area contributed by atoms with Gasteiger partial charge in [-0.15, -0.1) is 0 Å². The third kappa shape index (κ3) is 2.21. The summed E-state index contributed by atoms with van der Waals surface area (Å²) in [5.74, 6) is -0.292. The number of nitrogens with one attached hydrogen (secondary N) is 1. The fourth-order valence-corrected chi connectivity index (χ4v) is 2.21. The summed E-state index contributed by atoms with van der Waals surface area (Å²) in [5.41, 5.74) is 10.3. The van der Waals surface area contributed by atoms with Crippen LogP contribution in [0.4, 0.5) is 5.69 Å². The van der Waals surface area contributed by atoms with Crippen molar-refractivity contribution in [3.8, 4) is 0 Å². The molecule has 0 unspecified atom stereocenters. The van der Waals surface area contributed by atoms with Gasteiger partial charge in [0.15, 0.2) is 6.17 Å². The van der Waals surface area contributed by atoms with E-state index in [1.807, 2.05) is 55.5 Å². The molecule has 0 aliphatic carbocycles. The second-order valence-electron chi connectivity index (χ2n) is 4.82. The van der Waals surface area contributed by atoms with Crippen molar-refractivity contribution in [2.24, 2.45) is 10.7 Å². The zero-order chi connectivity index (χ0) is 14.1. The molecule has 20 heavy (non-hydrogen) atoms. The Hall–Kier alpha value is -2.46. The van der Waals surface area contributed by atoms with E-state index in [2.05, 4.69) is 10.3 Å². The molecule has 4 nitrogen and oxygen atoms in total. The number of aliphatic imine (C=N–C) groups is 1. The SMILES string of the molecule is Cc1ccc(C2=N[C@@H](N)C(=O)Nc3ccccc32)cc1. The first-order valence-electron chi connectivity index (χ1n) is 6.46. The van der Waals surface area contributed by atoms with Crippen LogP contribution in [0.5, 0.6) is 0 Å². The highest BCUT2D eigenvalue weighted by Gasteiger charge is 2.22. The van der Waals surface area contributed by atoms with E-state index in [9.17, 15) is 4.79 Å². The lowest BCUT2D eigenvalue weighted by atomic mass is 10.00. The summed E-state index contributed by atoms with van der Waals surface area (Å²) in [5, 5.41) is 2.80. The molecule has 1 aliphatic heterocycles. The Bertz CT molecular complexity index is 689. The maximum atomic E-state index is 11.9. The van der Waals surface area contributed by atoms with Gasteiger partial charge in [-0.3, -0.25) is 9.79 Å². The van der Waals surface area contributed by atoms with E-state index < -0.39 is 6.17 Å². The van der Waals surface area contributed by atoms with Crippen LogP contribution in [0, 0.1) is 6.92 Å². The summed E-state index contributed by atoms with van der Waals surface area (Å²) in [6, 6.07) is 15.6. The summed E-state index contributed by atoms with van der Waals surface area (Å²) in [4.78, 5) is 16.2. The van der Waals surface area contributed by atoms with Crippen LogP contribution in [0.15, 0.2) is 53.5 Å². The third-order valence-electron chi connectivity index (χ3n) is 3.30. The van der Waals surface area contributed by atoms with Crippen molar-refractivity contribution in [3.63, 3.8) is 0 Å². The molecule has 0 saturated heterocycles. The molecule has 0 radical (unpaired) electrons. The normalized spacial score (nSPS) is 17.8. The standard InChI is InChI=1S/C16H15N3O/c1-10-6-8-11(9-7-10)14-12-4-2-3-5-13(12)18-16(20)15(17)19-14/h2-9,15H,17H2,1H3,(H,18,20)/t15-/m1/s1. The summed E-state index contributed by atoms with van der Waals surface area (Å²) < 4.78 is 0. The molecule has 1 atom stereocenters. The molecule has 1 heterocycles. The Morgan fingerprint density at radius 3 is 2.55 bits per heavy atom. The molecule has 100 valence electrons. The van der Waals surface area contributed by atoms with Crippen LogP contribution >= 0.6 is 0 Å². The van der Waals surface area contributed by atoms with Gasteiger partial charge in [0.05, 0.1) is 11.4 Å². The minimum Gasteiger partial charge on any atom is -0.322 e. The van der Waals surface area contributed by atoms with Gasteiger partial charge in [-0.2, -0.15) is 0 Å². The lowest BCUT2D eigenvalue weighted by Crippen LogP contribution is -2.33. The number of benzodiazepines with no additional fused rings is 1. The topological polar surface area (TPSA) is 67.5 Å². The number of benzene rings is 2. The van der Waals surface area contributed by atoms with Crippen molar-refractivity contribution >= 4 is 17.3 Å². The molecule has 2 aromatic rings. The van der Waals surface area contributed by atoms with Crippen LogP contribution in [0.2, 0.25) is 0 Å². The molecular weight excluding hydrogens is 250 g/mol. The molecule has 0 bridgehead atoms. The van der Waals surface area contributed by atoms with Gasteiger partial charge in [-0.25, -0.2) is 0 Å². The number of rotatable bonds is 1. The number of nitrogens with two attached hydrogens (primary N) is 1. The lowest BCUT2D eigenvalue weighted by Gasteiger charge is -2.09. The Balaban J connectivity index is 2.18. The molecule has 1 aliphatic rings. The van der Waals surface area contributed by atoms with E-state index in [1.54, 1.807) is 0 Å². The molecule has 0 saturated carbocycles. The van der Waals surface area contributed by atoms with E-state index in [-0.39, 0.29) is 5.91 Å². The largest absolute Gasteiger partial charge is 0.322 e. The highest BCUT2D eigenvalue weighted by Crippen LogP contribution is 2.23. The maximum Gasteiger partial charge on any atom is 0.263 e. The van der Waals surface area contributed by atoms with Crippen LogP contribution < -0.4 is 11.1 Å². The van der Waals surface area contributed by atoms with Crippen molar-refractivity contribution < 1.29 is 4.79 Å². The predicted molar refractivity (Wildman–Crippen MR) is 79.9 cm³/mol. The van der Waals surface area contributed by atoms with Gasteiger partial charge in [0.2, 0.25) is 0 Å². The van der Waals surface area contributed by atoms with Crippen molar-refractivity contribution in [2.45, 2.75) is 13.1 Å². The van der Waals surface area contributed by atoms with E-state index in [0.29, 0.717) is 0 Å². The highest BCUT2D eigenvalue weighted by atomic mass is 16.2. The molecule has 0 fully saturated rings. The summed E-state index contributed by atoms with van der Waals surface area (Å²) in [6.07, 6.45) is -0.890. The quantitative estimate of drug-likeness (QED) is 0.828. The lowest BCUT2D eigenvalue weighted by molar-refractivity contribution is -0.117. The monoisotopic (exact) mass is 265 g/mol.